The predicted octanol–water partition coefficient (Wildman–Crippen LogP) is 0.985. The number of rotatable bonds is 5. The van der Waals surface area contributed by atoms with Crippen LogP contribution in [0.4, 0.5) is 0 Å². The minimum absolute atomic E-state index is 0.0347. The molecule has 0 amide bonds. The molecular formula is C16H22N6O. The van der Waals surface area contributed by atoms with Crippen LogP contribution in [0.5, 0.6) is 0 Å². The fourth-order valence-electron chi connectivity index (χ4n) is 3.34. The van der Waals surface area contributed by atoms with E-state index >= 15 is 0 Å². The molecule has 0 unspecified atom stereocenters. The highest BCUT2D eigenvalue weighted by molar-refractivity contribution is 5.12. The van der Waals surface area contributed by atoms with Gasteiger partial charge in [0, 0.05) is 30.4 Å². The fourth-order valence-corrected chi connectivity index (χ4v) is 3.34. The molecule has 7 nitrogen and oxygen atoms in total. The first kappa shape index (κ1) is 14.6. The summed E-state index contributed by atoms with van der Waals surface area (Å²) in [5.74, 6) is 2.35. The van der Waals surface area contributed by atoms with E-state index in [0.717, 1.165) is 24.5 Å². The van der Waals surface area contributed by atoms with E-state index < -0.39 is 0 Å². The average molecular weight is 314 g/mol. The first-order valence-corrected chi connectivity index (χ1v) is 8.41. The number of nitrogens with two attached hydrogens (primary N) is 1. The van der Waals surface area contributed by atoms with E-state index in [1.807, 2.05) is 6.92 Å². The molecule has 0 bridgehead atoms. The molecule has 2 saturated carbocycles. The van der Waals surface area contributed by atoms with Crippen LogP contribution in [-0.2, 0) is 13.0 Å². The van der Waals surface area contributed by atoms with Crippen LogP contribution < -0.4 is 11.3 Å². The van der Waals surface area contributed by atoms with Crippen molar-refractivity contribution in [1.29, 1.82) is 0 Å². The summed E-state index contributed by atoms with van der Waals surface area (Å²) in [6.07, 6.45) is 8.36. The van der Waals surface area contributed by atoms with Crippen molar-refractivity contribution in [2.45, 2.75) is 63.6 Å². The lowest BCUT2D eigenvalue weighted by Gasteiger charge is -2.31. The second-order valence-corrected chi connectivity index (χ2v) is 6.66. The Labute approximate surface area is 134 Å². The molecule has 2 heterocycles. The van der Waals surface area contributed by atoms with Crippen LogP contribution in [0.2, 0.25) is 0 Å². The van der Waals surface area contributed by atoms with Gasteiger partial charge in [0.05, 0.1) is 6.54 Å². The summed E-state index contributed by atoms with van der Waals surface area (Å²) >= 11 is 0. The molecule has 0 spiro atoms. The molecule has 0 aromatic carbocycles. The summed E-state index contributed by atoms with van der Waals surface area (Å²) in [6, 6.07) is 0.790. The van der Waals surface area contributed by atoms with Gasteiger partial charge in [0.25, 0.3) is 5.56 Å². The molecule has 2 aliphatic carbocycles. The number of hydrogen-bond acceptors (Lipinski definition) is 5. The van der Waals surface area contributed by atoms with Gasteiger partial charge in [0.2, 0.25) is 0 Å². The summed E-state index contributed by atoms with van der Waals surface area (Å²) in [6.45, 7) is 2.40. The molecule has 2 aromatic heterocycles. The van der Waals surface area contributed by atoms with Gasteiger partial charge in [0.15, 0.2) is 5.82 Å². The molecule has 7 heteroatoms. The molecule has 4 rings (SSSR count). The van der Waals surface area contributed by atoms with Gasteiger partial charge >= 0.3 is 0 Å². The van der Waals surface area contributed by atoms with Gasteiger partial charge < -0.3 is 14.9 Å². The maximum atomic E-state index is 12.4. The van der Waals surface area contributed by atoms with Crippen molar-refractivity contribution in [3.63, 3.8) is 0 Å². The third kappa shape index (κ3) is 2.59. The maximum Gasteiger partial charge on any atom is 0.272 e. The molecule has 2 N–H and O–H groups in total. The minimum atomic E-state index is -0.0347. The normalized spacial score (nSPS) is 23.7. The summed E-state index contributed by atoms with van der Waals surface area (Å²) in [5, 5.41) is 8.82. The highest BCUT2D eigenvalue weighted by atomic mass is 16.1. The van der Waals surface area contributed by atoms with Gasteiger partial charge in [-0.1, -0.05) is 6.92 Å². The van der Waals surface area contributed by atoms with Crippen molar-refractivity contribution in [3.05, 3.63) is 40.1 Å². The second kappa shape index (κ2) is 5.56. The molecular weight excluding hydrogens is 292 g/mol. The van der Waals surface area contributed by atoms with E-state index in [-0.39, 0.29) is 5.56 Å². The summed E-state index contributed by atoms with van der Waals surface area (Å²) < 4.78 is 3.94. The van der Waals surface area contributed by atoms with Crippen LogP contribution in [0.1, 0.15) is 61.9 Å². The maximum absolute atomic E-state index is 12.4. The van der Waals surface area contributed by atoms with E-state index in [1.54, 1.807) is 17.0 Å². The summed E-state index contributed by atoms with van der Waals surface area (Å²) in [7, 11) is 0. The highest BCUT2D eigenvalue weighted by Crippen LogP contribution is 2.42. The Morgan fingerprint density at radius 1 is 1.30 bits per heavy atom. The van der Waals surface area contributed by atoms with Crippen molar-refractivity contribution in [3.8, 4) is 0 Å². The van der Waals surface area contributed by atoms with E-state index in [0.29, 0.717) is 36.7 Å². The Balaban J connectivity index is 1.66. The van der Waals surface area contributed by atoms with Crippen LogP contribution in [0.3, 0.4) is 0 Å². The zero-order chi connectivity index (χ0) is 16.0. The van der Waals surface area contributed by atoms with Crippen LogP contribution in [0, 0.1) is 0 Å². The van der Waals surface area contributed by atoms with Crippen LogP contribution in [-0.4, -0.2) is 30.4 Å². The Kier molecular flexibility index (Phi) is 3.52. The number of aromatic nitrogens is 5. The van der Waals surface area contributed by atoms with E-state index in [1.165, 1.54) is 12.8 Å². The Morgan fingerprint density at radius 3 is 2.74 bits per heavy atom. The van der Waals surface area contributed by atoms with Gasteiger partial charge in [-0.05, 0) is 32.1 Å². The first-order valence-electron chi connectivity index (χ1n) is 8.41. The predicted molar refractivity (Wildman–Crippen MR) is 85.2 cm³/mol. The summed E-state index contributed by atoms with van der Waals surface area (Å²) in [4.78, 5) is 16.5. The van der Waals surface area contributed by atoms with E-state index in [2.05, 4.69) is 19.7 Å². The van der Waals surface area contributed by atoms with Crippen molar-refractivity contribution in [1.82, 2.24) is 24.3 Å². The molecule has 122 valence electrons. The summed E-state index contributed by atoms with van der Waals surface area (Å²) in [5.41, 5.74) is 6.48. The highest BCUT2D eigenvalue weighted by Gasteiger charge is 2.36. The van der Waals surface area contributed by atoms with Gasteiger partial charge in [-0.25, -0.2) is 0 Å². The lowest BCUT2D eigenvalue weighted by Crippen LogP contribution is -2.36. The van der Waals surface area contributed by atoms with Crippen LogP contribution >= 0.6 is 0 Å². The van der Waals surface area contributed by atoms with Crippen LogP contribution in [0.25, 0.3) is 0 Å². The third-order valence-corrected chi connectivity index (χ3v) is 4.88. The monoisotopic (exact) mass is 314 g/mol. The minimum Gasteiger partial charge on any atom is -0.328 e. The molecule has 2 aliphatic rings. The number of aryl methyl sites for hydroxylation is 1. The van der Waals surface area contributed by atoms with E-state index in [9.17, 15) is 4.79 Å². The Morgan fingerprint density at radius 2 is 2.09 bits per heavy atom. The largest absolute Gasteiger partial charge is 0.328 e. The number of nitrogens with zero attached hydrogens (tertiary/aromatic N) is 5. The van der Waals surface area contributed by atoms with Gasteiger partial charge in [-0.15, -0.1) is 10.2 Å². The molecule has 23 heavy (non-hydrogen) atoms. The first-order chi connectivity index (χ1) is 11.2. The van der Waals surface area contributed by atoms with Crippen molar-refractivity contribution >= 4 is 0 Å². The van der Waals surface area contributed by atoms with E-state index in [4.69, 9.17) is 5.73 Å². The molecule has 0 atom stereocenters. The lowest BCUT2D eigenvalue weighted by atomic mass is 9.80. The molecule has 0 radical (unpaired) electrons. The third-order valence-electron chi connectivity index (χ3n) is 4.88. The van der Waals surface area contributed by atoms with Gasteiger partial charge in [-0.3, -0.25) is 9.78 Å². The molecule has 0 saturated heterocycles. The van der Waals surface area contributed by atoms with Gasteiger partial charge in [0.1, 0.15) is 11.5 Å². The van der Waals surface area contributed by atoms with Gasteiger partial charge in [-0.2, -0.15) is 0 Å². The van der Waals surface area contributed by atoms with Crippen LogP contribution in [0.15, 0.2) is 17.2 Å². The average Bonchev–Trinajstić information content (AvgIpc) is 3.27. The zero-order valence-corrected chi connectivity index (χ0v) is 13.4. The topological polar surface area (TPSA) is 91.6 Å². The number of hydrogen-bond donors (Lipinski definition) is 1. The zero-order valence-electron chi connectivity index (χ0n) is 13.4. The van der Waals surface area contributed by atoms with Crippen molar-refractivity contribution in [2.24, 2.45) is 5.73 Å². The smallest absolute Gasteiger partial charge is 0.272 e. The Bertz CT molecular complexity index is 769. The second-order valence-electron chi connectivity index (χ2n) is 6.66. The molecule has 2 fully saturated rings. The molecule has 0 aliphatic heterocycles. The standard InChI is InChI=1S/C16H22N6O/c1-2-13-16(23)21(6-5-18-13)9-14-19-20-15(10-7-11(17)8-10)22(14)12-3-4-12/h5-6,10-12H,2-4,7-9,17H2,1H3. The van der Waals surface area contributed by atoms with Crippen molar-refractivity contribution < 1.29 is 0 Å². The van der Waals surface area contributed by atoms with Crippen molar-refractivity contribution in [2.75, 3.05) is 0 Å². The SMILES string of the molecule is CCc1nccn(Cc2nnc(C3CC(N)C3)n2C2CC2)c1=O. The quantitative estimate of drug-likeness (QED) is 0.888. The molecule has 2 aromatic rings. The lowest BCUT2D eigenvalue weighted by molar-refractivity contribution is 0.327. The Hall–Kier alpha value is -2.02. The fraction of sp³-hybridized carbons (Fsp3) is 0.625.